The van der Waals surface area contributed by atoms with E-state index >= 15 is 0 Å². The average molecular weight is 1550 g/mol. The van der Waals surface area contributed by atoms with Gasteiger partial charge in [0.15, 0.2) is 0 Å². The van der Waals surface area contributed by atoms with Crippen LogP contribution in [0.25, 0.3) is 43.6 Å². The van der Waals surface area contributed by atoms with Crippen LogP contribution in [0.15, 0.2) is 72.8 Å². The van der Waals surface area contributed by atoms with Gasteiger partial charge < -0.3 is 89.1 Å². The number of alkyl halides is 12. The minimum atomic E-state index is -5.08. The number of carboxylic acid groups (broad SMARTS) is 4. The number of hydrogen-bond acceptors (Lipinski definition) is 19. The lowest BCUT2D eigenvalue weighted by Crippen LogP contribution is -2.58. The van der Waals surface area contributed by atoms with Crippen LogP contribution in [0.2, 0.25) is 0 Å². The van der Waals surface area contributed by atoms with Crippen molar-refractivity contribution in [3.05, 3.63) is 72.8 Å². The molecule has 0 spiro atoms. The summed E-state index contributed by atoms with van der Waals surface area (Å²) in [6.07, 6.45) is -14.6. The molecule has 108 heavy (non-hydrogen) atoms. The molecule has 40 heteroatoms. The number of aliphatic carboxylic acids is 4. The van der Waals surface area contributed by atoms with Crippen molar-refractivity contribution in [2.45, 2.75) is 133 Å². The number of rotatable bonds is 32. The van der Waals surface area contributed by atoms with Gasteiger partial charge in [-0.25, -0.2) is 29.1 Å². The van der Waals surface area contributed by atoms with E-state index in [0.717, 1.165) is 77.7 Å². The molecule has 0 radical (unpaired) electrons. The van der Waals surface area contributed by atoms with E-state index in [4.69, 9.17) is 66.8 Å². The topological polar surface area (TPSA) is 424 Å². The van der Waals surface area contributed by atoms with Gasteiger partial charge in [0.25, 0.3) is 0 Å². The standard InChI is InChI=1S/C60H87N15O5.4C2HF3O2/c1-38(76)66-48(21-13-17-33-65-56-45-28-24-41(74(6)7)36-53(45)68-54-37-42(75(8)9)25-29-46(54)56)58(78)70-50(20-11-15-31-62)60(80)71-49(19-10-14-30-61)59(79)69-47(57(63)77)18-12-16-32-64-55-43-26-22-39(72(2)3)34-51(43)67-52-35-40(73(4)5)23-27-44(52)55;4*3-2(4,5)1(6)7/h22-29,34-37,47-50H,10-21,30-33,61-62H2,1-9H3,(H2,63,77)(H,64,67)(H,65,68)(H,66,76)(H,69,79)(H,70,78)(H,71,80);4*(H,6,7)/t47-,48-,49-,50-;;;;/m0..../s1. The van der Waals surface area contributed by atoms with Crippen LogP contribution in [-0.4, -0.2) is 215 Å². The number of halogens is 12. The number of hydrogen-bond donors (Lipinski definition) is 13. The molecule has 0 aliphatic carbocycles. The molecule has 16 N–H and O–H groups in total. The van der Waals surface area contributed by atoms with Crippen molar-refractivity contribution in [3.63, 3.8) is 0 Å². The fourth-order valence-corrected chi connectivity index (χ4v) is 9.85. The first-order valence-electron chi connectivity index (χ1n) is 33.1. The molecule has 0 unspecified atom stereocenters. The van der Waals surface area contributed by atoms with Crippen molar-refractivity contribution in [2.24, 2.45) is 17.2 Å². The number of carbonyl (C=O) groups is 9. The highest BCUT2D eigenvalue weighted by atomic mass is 19.4. The molecule has 0 fully saturated rings. The molecule has 2 aromatic heterocycles. The summed E-state index contributed by atoms with van der Waals surface area (Å²) < 4.78 is 127. The van der Waals surface area contributed by atoms with Crippen LogP contribution in [0.3, 0.4) is 0 Å². The molecule has 0 aliphatic rings. The lowest BCUT2D eigenvalue weighted by atomic mass is 10.0. The van der Waals surface area contributed by atoms with Gasteiger partial charge in [0, 0.05) is 121 Å². The summed E-state index contributed by atoms with van der Waals surface area (Å²) in [5, 5.41) is 51.1. The van der Waals surface area contributed by atoms with Crippen molar-refractivity contribution in [3.8, 4) is 0 Å². The second kappa shape index (κ2) is 43.2. The van der Waals surface area contributed by atoms with Gasteiger partial charge in [-0.05, 0) is 163 Å². The fraction of sp³-hybridized carbons (Fsp3) is 0.485. The summed E-state index contributed by atoms with van der Waals surface area (Å²) in [5.74, 6) is -13.8. The molecule has 0 saturated heterocycles. The fourth-order valence-electron chi connectivity index (χ4n) is 9.85. The highest BCUT2D eigenvalue weighted by molar-refractivity contribution is 6.10. The van der Waals surface area contributed by atoms with E-state index in [1.54, 1.807) is 0 Å². The van der Waals surface area contributed by atoms with Crippen molar-refractivity contribution < 1.29 is 116 Å². The Bertz CT molecular complexity index is 3790. The van der Waals surface area contributed by atoms with Crippen molar-refractivity contribution in [2.75, 3.05) is 113 Å². The lowest BCUT2D eigenvalue weighted by Gasteiger charge is -2.26. The smallest absolute Gasteiger partial charge is 0.475 e. The Kier molecular flexibility index (Phi) is 37.4. The Morgan fingerprint density at radius 3 is 0.815 bits per heavy atom. The zero-order valence-corrected chi connectivity index (χ0v) is 60.5. The second-order valence-corrected chi connectivity index (χ2v) is 24.8. The first-order valence-corrected chi connectivity index (χ1v) is 33.1. The maximum absolute atomic E-state index is 14.3. The molecule has 2 heterocycles. The predicted octanol–water partition coefficient (Wildman–Crippen LogP) is 8.45. The van der Waals surface area contributed by atoms with Crippen LogP contribution in [0, 0.1) is 0 Å². The number of carboxylic acids is 4. The van der Waals surface area contributed by atoms with Crippen molar-refractivity contribution in [1.82, 2.24) is 31.2 Å². The SMILES string of the molecule is CC(=O)N[C@@H](CCCCNc1c2ccc(N(C)C)cc2nc2cc(N(C)C)ccc12)C(=O)N[C@@H](CCCCN)C(=O)N[C@@H](CCCCN)C(=O)N[C@@H](CCCCNc1c2ccc(N(C)C)cc2nc2cc(N(C)C)ccc12)C(N)=O.O=C(O)C(F)(F)F.O=C(O)C(F)(F)F.O=C(O)C(F)(F)F.O=C(O)C(F)(F)F. The third-order valence-corrected chi connectivity index (χ3v) is 15.5. The van der Waals surface area contributed by atoms with Crippen LogP contribution in [-0.2, 0) is 43.2 Å². The largest absolute Gasteiger partial charge is 0.490 e. The maximum atomic E-state index is 14.3. The molecule has 28 nitrogen and oxygen atoms in total. The summed E-state index contributed by atoms with van der Waals surface area (Å²) in [5.41, 5.74) is 27.1. The minimum absolute atomic E-state index is 0.232. The second-order valence-electron chi connectivity index (χ2n) is 24.8. The first-order chi connectivity index (χ1) is 50.1. The summed E-state index contributed by atoms with van der Waals surface area (Å²) in [4.78, 5) is 122. The van der Waals surface area contributed by atoms with E-state index in [9.17, 15) is 76.7 Å². The van der Waals surface area contributed by atoms with Gasteiger partial charge in [0.2, 0.25) is 29.5 Å². The number of carbonyl (C=O) groups excluding carboxylic acids is 5. The zero-order chi connectivity index (χ0) is 82.4. The number of pyridine rings is 2. The quantitative estimate of drug-likeness (QED) is 0.0107. The van der Waals surface area contributed by atoms with Gasteiger partial charge in [-0.2, -0.15) is 52.7 Å². The molecule has 5 amide bonds. The van der Waals surface area contributed by atoms with E-state index in [-0.39, 0.29) is 25.2 Å². The van der Waals surface area contributed by atoms with Gasteiger partial charge in [-0.3, -0.25) is 24.0 Å². The van der Waals surface area contributed by atoms with Gasteiger partial charge in [0.1, 0.15) is 24.2 Å². The molecule has 6 rings (SSSR count). The number of nitrogens with two attached hydrogens (primary N) is 3. The highest BCUT2D eigenvalue weighted by Crippen LogP contribution is 2.37. The third kappa shape index (κ3) is 31.8. The minimum Gasteiger partial charge on any atom is -0.475 e. The molecule has 600 valence electrons. The number of nitrogens with one attached hydrogen (secondary N) is 6. The monoisotopic (exact) mass is 1550 g/mol. The van der Waals surface area contributed by atoms with Crippen LogP contribution >= 0.6 is 0 Å². The summed E-state index contributed by atoms with van der Waals surface area (Å²) in [6.45, 7) is 3.27. The molecule has 6 aromatic rings. The van der Waals surface area contributed by atoms with Crippen LogP contribution < -0.4 is 68.7 Å². The number of anilines is 6. The number of amides is 5. The third-order valence-electron chi connectivity index (χ3n) is 15.5. The number of benzene rings is 4. The first kappa shape index (κ1) is 93.4. The van der Waals surface area contributed by atoms with Crippen LogP contribution in [0.1, 0.15) is 84.0 Å². The number of aromatic nitrogens is 2. The van der Waals surface area contributed by atoms with Gasteiger partial charge in [0.05, 0.1) is 33.4 Å². The molecule has 0 saturated carbocycles. The van der Waals surface area contributed by atoms with Crippen molar-refractivity contribution in [1.29, 1.82) is 0 Å². The van der Waals surface area contributed by atoms with Crippen LogP contribution in [0.5, 0.6) is 0 Å². The Hall–Kier alpha value is -10.7. The summed E-state index contributed by atoms with van der Waals surface area (Å²) in [6, 6.07) is 20.9. The molecule has 4 atom stereocenters. The highest BCUT2D eigenvalue weighted by Gasteiger charge is 2.40. The zero-order valence-electron chi connectivity index (χ0n) is 60.5. The molecular weight excluding hydrogens is 1460 g/mol. The van der Waals surface area contributed by atoms with Gasteiger partial charge >= 0.3 is 48.6 Å². The van der Waals surface area contributed by atoms with E-state index in [1.807, 2.05) is 76.0 Å². The predicted molar refractivity (Wildman–Crippen MR) is 384 cm³/mol. The number of nitrogens with zero attached hydrogens (tertiary/aromatic N) is 6. The lowest BCUT2D eigenvalue weighted by molar-refractivity contribution is -0.193. The Morgan fingerprint density at radius 1 is 0.380 bits per heavy atom. The normalized spacial score (nSPS) is 12.4. The van der Waals surface area contributed by atoms with Gasteiger partial charge in [-0.1, -0.05) is 0 Å². The number of primary amides is 1. The Balaban J connectivity index is 0.00000119. The van der Waals surface area contributed by atoms with Crippen LogP contribution in [0.4, 0.5) is 86.8 Å². The molecular formula is C68H91F12N15O13. The van der Waals surface area contributed by atoms with E-state index in [0.29, 0.717) is 84.0 Å². The average Bonchev–Trinajstić information content (AvgIpc) is 0.770. The van der Waals surface area contributed by atoms with E-state index in [1.165, 1.54) is 6.92 Å². The number of unbranched alkanes of at least 4 members (excludes halogenated alkanes) is 4. The van der Waals surface area contributed by atoms with E-state index < -0.39 is 96.4 Å². The van der Waals surface area contributed by atoms with E-state index in [2.05, 4.69) is 105 Å². The Morgan fingerprint density at radius 2 is 0.602 bits per heavy atom. The maximum Gasteiger partial charge on any atom is 0.490 e. The Labute approximate surface area is 612 Å². The summed E-state index contributed by atoms with van der Waals surface area (Å²) in [7, 11) is 16.0. The molecule has 4 aromatic carbocycles. The van der Waals surface area contributed by atoms with Gasteiger partial charge in [-0.15, -0.1) is 0 Å². The number of fused-ring (bicyclic) bond motifs is 4. The van der Waals surface area contributed by atoms with Crippen molar-refractivity contribution >= 4 is 131 Å². The molecule has 0 aliphatic heterocycles. The summed E-state index contributed by atoms with van der Waals surface area (Å²) >= 11 is 0. The molecule has 0 bridgehead atoms.